The molecule has 0 atom stereocenters. The summed E-state index contributed by atoms with van der Waals surface area (Å²) in [5, 5.41) is 7.58. The predicted octanol–water partition coefficient (Wildman–Crippen LogP) is 13.8. The third kappa shape index (κ3) is 4.49. The van der Waals surface area contributed by atoms with E-state index in [9.17, 15) is 0 Å². The van der Waals surface area contributed by atoms with Crippen LogP contribution in [0.15, 0.2) is 146 Å². The fourth-order valence-electron chi connectivity index (χ4n) is 8.75. The second kappa shape index (κ2) is 11.6. The van der Waals surface area contributed by atoms with Crippen molar-refractivity contribution in [1.29, 1.82) is 0 Å². The summed E-state index contributed by atoms with van der Waals surface area (Å²) < 4.78 is 4.96. The van der Waals surface area contributed by atoms with Gasteiger partial charge in [-0.3, -0.25) is 0 Å². The number of nitrogens with zero attached hydrogens (tertiary/aromatic N) is 3. The van der Waals surface area contributed by atoms with Crippen molar-refractivity contribution in [2.24, 2.45) is 0 Å². The molecule has 5 heteroatoms. The first-order chi connectivity index (χ1) is 26.7. The molecule has 10 aromatic rings. The van der Waals surface area contributed by atoms with Crippen LogP contribution in [0.3, 0.4) is 0 Å². The van der Waals surface area contributed by atoms with Crippen LogP contribution < -0.4 is 0 Å². The van der Waals surface area contributed by atoms with E-state index in [1.165, 1.54) is 84.5 Å². The third-order valence-corrected chi connectivity index (χ3v) is 13.5. The summed E-state index contributed by atoms with van der Waals surface area (Å²) in [7, 11) is 0. The van der Waals surface area contributed by atoms with Crippen LogP contribution in [0, 0.1) is 0 Å². The molecule has 2 aliphatic carbocycles. The van der Waals surface area contributed by atoms with Crippen LogP contribution in [-0.4, -0.2) is 15.0 Å². The zero-order valence-electron chi connectivity index (χ0n) is 29.0. The van der Waals surface area contributed by atoms with E-state index in [1.807, 2.05) is 40.9 Å². The lowest BCUT2D eigenvalue weighted by molar-refractivity contribution is 1.08. The topological polar surface area (TPSA) is 38.7 Å². The van der Waals surface area contributed by atoms with E-state index in [2.05, 4.69) is 133 Å². The van der Waals surface area contributed by atoms with Gasteiger partial charge in [-0.15, -0.1) is 22.7 Å². The number of hydrogen-bond donors (Lipinski definition) is 0. The molecule has 0 fully saturated rings. The van der Waals surface area contributed by atoms with E-state index in [1.54, 1.807) is 0 Å². The Balaban J connectivity index is 1.09. The van der Waals surface area contributed by atoms with Gasteiger partial charge >= 0.3 is 0 Å². The Morgan fingerprint density at radius 1 is 0.444 bits per heavy atom. The molecule has 0 radical (unpaired) electrons. The molecule has 3 nitrogen and oxygen atoms in total. The lowest BCUT2D eigenvalue weighted by atomic mass is 9.80. The smallest absolute Gasteiger partial charge is 0.164 e. The first-order valence-electron chi connectivity index (χ1n) is 18.4. The van der Waals surface area contributed by atoms with Crippen molar-refractivity contribution in [1.82, 2.24) is 15.0 Å². The van der Waals surface area contributed by atoms with Crippen LogP contribution in [0.2, 0.25) is 0 Å². The molecule has 0 amide bonds. The highest BCUT2D eigenvalue weighted by Gasteiger charge is 2.23. The molecule has 0 N–H and O–H groups in total. The molecule has 0 aliphatic heterocycles. The van der Waals surface area contributed by atoms with Crippen LogP contribution in [0.5, 0.6) is 0 Å². The first-order valence-corrected chi connectivity index (χ1v) is 20.0. The Labute approximate surface area is 319 Å². The maximum absolute atomic E-state index is 5.33. The molecule has 0 unspecified atom stereocenters. The summed E-state index contributed by atoms with van der Waals surface area (Å²) in [6, 6.07) is 48.2. The molecule has 7 aromatic carbocycles. The zero-order chi connectivity index (χ0) is 35.3. The van der Waals surface area contributed by atoms with E-state index >= 15 is 0 Å². The molecular weight excluding hydrogens is 695 g/mol. The highest BCUT2D eigenvalue weighted by molar-refractivity contribution is 7.26. The fraction of sp³-hybridized carbons (Fsp3) is 0.0408. The highest BCUT2D eigenvalue weighted by Crippen LogP contribution is 2.46. The lowest BCUT2D eigenvalue weighted by Gasteiger charge is -2.24. The SMILES string of the molecule is C1=Cc2ccc3c(-c4ccc5sc6cccc(-c7nc(-c8ccccc8)nc(-c8cccc9sc%10ccccc%10c89)n7)c6c5c4)ccc4c3c2C(=CC4)C1. The molecule has 0 saturated heterocycles. The summed E-state index contributed by atoms with van der Waals surface area (Å²) in [6.07, 6.45) is 9.01. The molecular formula is C49H29N3S2. The Bertz CT molecular complexity index is 3270. The van der Waals surface area contributed by atoms with Gasteiger partial charge in [0.25, 0.3) is 0 Å². The van der Waals surface area contributed by atoms with E-state index < -0.39 is 0 Å². The molecule has 2 aliphatic rings. The van der Waals surface area contributed by atoms with Crippen molar-refractivity contribution in [3.8, 4) is 45.3 Å². The number of fused-ring (bicyclic) bond motifs is 6. The second-order valence-corrected chi connectivity index (χ2v) is 16.4. The summed E-state index contributed by atoms with van der Waals surface area (Å²) in [5.74, 6) is 2.04. The Hall–Kier alpha value is -6.27. The summed E-state index contributed by atoms with van der Waals surface area (Å²) >= 11 is 3.64. The molecule has 3 aromatic heterocycles. The molecule has 0 saturated carbocycles. The van der Waals surface area contributed by atoms with Crippen molar-refractivity contribution in [2.75, 3.05) is 0 Å². The average Bonchev–Trinajstić information content (AvgIpc) is 3.81. The van der Waals surface area contributed by atoms with Gasteiger partial charge in [0.15, 0.2) is 17.5 Å². The van der Waals surface area contributed by atoms with Crippen molar-refractivity contribution in [3.63, 3.8) is 0 Å². The van der Waals surface area contributed by atoms with Crippen LogP contribution in [-0.2, 0) is 6.42 Å². The van der Waals surface area contributed by atoms with Crippen molar-refractivity contribution in [3.05, 3.63) is 162 Å². The van der Waals surface area contributed by atoms with Crippen LogP contribution in [0.25, 0.3) is 108 Å². The molecule has 3 heterocycles. The van der Waals surface area contributed by atoms with Crippen molar-refractivity contribution in [2.45, 2.75) is 12.8 Å². The monoisotopic (exact) mass is 723 g/mol. The summed E-state index contributed by atoms with van der Waals surface area (Å²) in [6.45, 7) is 0. The van der Waals surface area contributed by atoms with Gasteiger partial charge in [-0.05, 0) is 87.3 Å². The van der Waals surface area contributed by atoms with Gasteiger partial charge in [0.2, 0.25) is 0 Å². The highest BCUT2D eigenvalue weighted by atomic mass is 32.1. The lowest BCUT2D eigenvalue weighted by Crippen LogP contribution is -2.03. The minimum absolute atomic E-state index is 0.670. The normalized spacial score (nSPS) is 13.4. The van der Waals surface area contributed by atoms with Crippen LogP contribution in [0.1, 0.15) is 23.1 Å². The maximum Gasteiger partial charge on any atom is 0.164 e. The number of hydrogen-bond acceptors (Lipinski definition) is 5. The largest absolute Gasteiger partial charge is 0.208 e. The standard InChI is InChI=1S/C49H29N3S2/c1-2-9-31(10-3-1)47-50-48(36-14-7-17-41-45(36)35-13-4-5-16-39(35)53-41)52-49(51-47)37-15-8-18-42-46(37)38-27-32(23-26-40(38)54-42)33-24-21-30-20-19-28-11-6-12-29-22-25-34(33)44(30)43(28)29/h1-10,12-19,21-27H,11,20H2. The predicted molar refractivity (Wildman–Crippen MR) is 230 cm³/mol. The molecule has 0 bridgehead atoms. The molecule has 252 valence electrons. The zero-order valence-corrected chi connectivity index (χ0v) is 30.6. The van der Waals surface area contributed by atoms with E-state index in [0.717, 1.165) is 29.5 Å². The third-order valence-electron chi connectivity index (χ3n) is 11.2. The number of aromatic nitrogens is 3. The van der Waals surface area contributed by atoms with Gasteiger partial charge in [0, 0.05) is 57.0 Å². The second-order valence-electron chi connectivity index (χ2n) is 14.2. The Morgan fingerprint density at radius 3 is 1.96 bits per heavy atom. The maximum atomic E-state index is 5.33. The average molecular weight is 724 g/mol. The summed E-state index contributed by atoms with van der Waals surface area (Å²) in [4.78, 5) is 15.7. The van der Waals surface area contributed by atoms with Gasteiger partial charge < -0.3 is 0 Å². The van der Waals surface area contributed by atoms with Crippen molar-refractivity contribution >= 4 is 85.4 Å². The molecule has 12 rings (SSSR count). The summed E-state index contributed by atoms with van der Waals surface area (Å²) in [5.41, 5.74) is 11.1. The molecule has 54 heavy (non-hydrogen) atoms. The fourth-order valence-corrected chi connectivity index (χ4v) is 11.0. The van der Waals surface area contributed by atoms with E-state index in [4.69, 9.17) is 15.0 Å². The quantitative estimate of drug-likeness (QED) is 0.181. The number of allylic oxidation sites excluding steroid dienone is 3. The van der Waals surface area contributed by atoms with Gasteiger partial charge in [0.05, 0.1) is 0 Å². The van der Waals surface area contributed by atoms with Gasteiger partial charge in [-0.2, -0.15) is 0 Å². The van der Waals surface area contributed by atoms with Gasteiger partial charge in [-0.1, -0.05) is 121 Å². The number of benzene rings is 7. The van der Waals surface area contributed by atoms with Crippen LogP contribution in [0.4, 0.5) is 0 Å². The minimum Gasteiger partial charge on any atom is -0.208 e. The number of thiophene rings is 2. The number of rotatable bonds is 4. The van der Waals surface area contributed by atoms with Gasteiger partial charge in [0.1, 0.15) is 0 Å². The van der Waals surface area contributed by atoms with Gasteiger partial charge in [-0.25, -0.2) is 15.0 Å². The Kier molecular flexibility index (Phi) is 6.50. The Morgan fingerprint density at radius 2 is 1.15 bits per heavy atom. The van der Waals surface area contributed by atoms with Crippen LogP contribution >= 0.6 is 22.7 Å². The first kappa shape index (κ1) is 30.2. The minimum atomic E-state index is 0.670. The molecule has 0 spiro atoms. The van der Waals surface area contributed by atoms with E-state index in [-0.39, 0.29) is 0 Å². The van der Waals surface area contributed by atoms with Crippen molar-refractivity contribution < 1.29 is 0 Å². The van der Waals surface area contributed by atoms with E-state index in [0.29, 0.717) is 17.5 Å².